The summed E-state index contributed by atoms with van der Waals surface area (Å²) in [6, 6.07) is 0.755. The minimum Gasteiger partial charge on any atom is -0.394 e. The van der Waals surface area contributed by atoms with E-state index in [2.05, 4.69) is 38.0 Å². The van der Waals surface area contributed by atoms with Crippen molar-refractivity contribution in [1.29, 1.82) is 0 Å². The number of aliphatic hydroxyl groups is 1. The van der Waals surface area contributed by atoms with Gasteiger partial charge in [-0.25, -0.2) is 0 Å². The Morgan fingerprint density at radius 1 is 1.26 bits per heavy atom. The van der Waals surface area contributed by atoms with Gasteiger partial charge in [0.25, 0.3) is 0 Å². The number of hydrogen-bond donors (Lipinski definition) is 2. The van der Waals surface area contributed by atoms with Crippen LogP contribution in [0, 0.1) is 5.92 Å². The normalized spacial score (nSPS) is 27.5. The Labute approximate surface area is 119 Å². The molecule has 0 aromatic heterocycles. The largest absolute Gasteiger partial charge is 0.394 e. The number of nitrogens with one attached hydrogen (secondary N) is 1. The van der Waals surface area contributed by atoms with Gasteiger partial charge in [-0.1, -0.05) is 13.8 Å². The van der Waals surface area contributed by atoms with Gasteiger partial charge in [-0.05, 0) is 71.5 Å². The zero-order chi connectivity index (χ0) is 14.3. The number of aliphatic hydroxyl groups excluding tert-OH is 1. The Kier molecular flexibility index (Phi) is 7.33. The number of nitrogens with zero attached hydrogens (tertiary/aromatic N) is 1. The van der Waals surface area contributed by atoms with E-state index in [4.69, 9.17) is 0 Å². The Hall–Kier alpha value is -0.120. The summed E-state index contributed by atoms with van der Waals surface area (Å²) < 4.78 is 0. The van der Waals surface area contributed by atoms with Crippen molar-refractivity contribution in [3.63, 3.8) is 0 Å². The maximum Gasteiger partial charge on any atom is 0.0611 e. The SMILES string of the molecule is CCCNC(C)(CO)CCN(C)C1CCC(C)CC1. The van der Waals surface area contributed by atoms with Crippen LogP contribution in [0.2, 0.25) is 0 Å². The van der Waals surface area contributed by atoms with Crippen LogP contribution in [0.4, 0.5) is 0 Å². The molecule has 3 nitrogen and oxygen atoms in total. The molecule has 0 aromatic carbocycles. The van der Waals surface area contributed by atoms with Crippen molar-refractivity contribution in [3.05, 3.63) is 0 Å². The standard InChI is InChI=1S/C16H34N2O/c1-5-11-17-16(3,13-19)10-12-18(4)15-8-6-14(2)7-9-15/h14-15,17,19H,5-13H2,1-4H3. The zero-order valence-corrected chi connectivity index (χ0v) is 13.4. The van der Waals surface area contributed by atoms with E-state index in [1.54, 1.807) is 0 Å². The molecule has 114 valence electrons. The van der Waals surface area contributed by atoms with Gasteiger partial charge >= 0.3 is 0 Å². The van der Waals surface area contributed by atoms with Gasteiger partial charge in [-0.2, -0.15) is 0 Å². The molecule has 0 aromatic rings. The van der Waals surface area contributed by atoms with E-state index < -0.39 is 0 Å². The summed E-state index contributed by atoms with van der Waals surface area (Å²) in [7, 11) is 2.25. The summed E-state index contributed by atoms with van der Waals surface area (Å²) in [4.78, 5) is 2.51. The molecule has 0 bridgehead atoms. The Morgan fingerprint density at radius 2 is 1.89 bits per heavy atom. The van der Waals surface area contributed by atoms with E-state index in [1.165, 1.54) is 25.7 Å². The van der Waals surface area contributed by atoms with Gasteiger partial charge in [0.15, 0.2) is 0 Å². The van der Waals surface area contributed by atoms with Gasteiger partial charge in [0.1, 0.15) is 0 Å². The fourth-order valence-electron chi connectivity index (χ4n) is 2.94. The minimum atomic E-state index is -0.119. The predicted molar refractivity (Wildman–Crippen MR) is 82.5 cm³/mol. The van der Waals surface area contributed by atoms with E-state index in [-0.39, 0.29) is 12.1 Å². The molecule has 0 heterocycles. The van der Waals surface area contributed by atoms with Crippen LogP contribution in [0.1, 0.15) is 59.3 Å². The highest BCUT2D eigenvalue weighted by atomic mass is 16.3. The van der Waals surface area contributed by atoms with Crippen LogP contribution >= 0.6 is 0 Å². The lowest BCUT2D eigenvalue weighted by Crippen LogP contribution is -2.49. The van der Waals surface area contributed by atoms with E-state index in [0.717, 1.165) is 37.9 Å². The highest BCUT2D eigenvalue weighted by molar-refractivity contribution is 4.85. The summed E-state index contributed by atoms with van der Waals surface area (Å²) in [5.41, 5.74) is -0.119. The van der Waals surface area contributed by atoms with E-state index in [9.17, 15) is 5.11 Å². The van der Waals surface area contributed by atoms with Crippen LogP contribution in [-0.4, -0.2) is 48.3 Å². The minimum absolute atomic E-state index is 0.119. The smallest absolute Gasteiger partial charge is 0.0611 e. The van der Waals surface area contributed by atoms with Crippen molar-refractivity contribution in [1.82, 2.24) is 10.2 Å². The van der Waals surface area contributed by atoms with Crippen molar-refractivity contribution in [2.45, 2.75) is 70.9 Å². The van der Waals surface area contributed by atoms with Gasteiger partial charge in [0.2, 0.25) is 0 Å². The second kappa shape index (κ2) is 8.23. The highest BCUT2D eigenvalue weighted by Gasteiger charge is 2.26. The van der Waals surface area contributed by atoms with Crippen LogP contribution in [0.5, 0.6) is 0 Å². The van der Waals surface area contributed by atoms with Crippen LogP contribution in [-0.2, 0) is 0 Å². The monoisotopic (exact) mass is 270 g/mol. The van der Waals surface area contributed by atoms with Crippen LogP contribution < -0.4 is 5.32 Å². The molecule has 0 spiro atoms. The van der Waals surface area contributed by atoms with Crippen LogP contribution in [0.3, 0.4) is 0 Å². The molecule has 1 rings (SSSR count). The second-order valence-electron chi connectivity index (χ2n) is 6.79. The molecule has 0 radical (unpaired) electrons. The maximum atomic E-state index is 9.59. The molecule has 1 fully saturated rings. The van der Waals surface area contributed by atoms with Crippen LogP contribution in [0.15, 0.2) is 0 Å². The lowest BCUT2D eigenvalue weighted by Gasteiger charge is -2.36. The molecule has 1 atom stereocenters. The first-order valence-electron chi connectivity index (χ1n) is 8.07. The maximum absolute atomic E-state index is 9.59. The molecule has 2 N–H and O–H groups in total. The third-order valence-electron chi connectivity index (χ3n) is 4.78. The Bertz CT molecular complexity index is 239. The van der Waals surface area contributed by atoms with Crippen molar-refractivity contribution in [2.24, 2.45) is 5.92 Å². The average molecular weight is 270 g/mol. The molecule has 0 saturated heterocycles. The summed E-state index contributed by atoms with van der Waals surface area (Å²) in [6.45, 7) is 8.96. The van der Waals surface area contributed by atoms with E-state index in [0.29, 0.717) is 0 Å². The van der Waals surface area contributed by atoms with Crippen molar-refractivity contribution in [2.75, 3.05) is 26.7 Å². The molecule has 1 saturated carbocycles. The van der Waals surface area contributed by atoms with Crippen LogP contribution in [0.25, 0.3) is 0 Å². The number of hydrogen-bond acceptors (Lipinski definition) is 3. The quantitative estimate of drug-likeness (QED) is 0.712. The third kappa shape index (κ3) is 5.80. The van der Waals surface area contributed by atoms with Crippen molar-refractivity contribution in [3.8, 4) is 0 Å². The predicted octanol–water partition coefficient (Wildman–Crippen LogP) is 2.64. The van der Waals surface area contributed by atoms with Gasteiger partial charge < -0.3 is 15.3 Å². The molecular formula is C16H34N2O. The highest BCUT2D eigenvalue weighted by Crippen LogP contribution is 2.26. The first-order valence-corrected chi connectivity index (χ1v) is 8.07. The molecular weight excluding hydrogens is 236 g/mol. The first kappa shape index (κ1) is 16.9. The molecule has 0 aliphatic heterocycles. The van der Waals surface area contributed by atoms with E-state index in [1.807, 2.05) is 0 Å². The molecule has 19 heavy (non-hydrogen) atoms. The summed E-state index contributed by atoms with van der Waals surface area (Å²) in [5, 5.41) is 13.1. The summed E-state index contributed by atoms with van der Waals surface area (Å²) in [6.07, 6.45) is 7.57. The Morgan fingerprint density at radius 3 is 2.42 bits per heavy atom. The van der Waals surface area contributed by atoms with Gasteiger partial charge in [0.05, 0.1) is 6.61 Å². The summed E-state index contributed by atoms with van der Waals surface area (Å²) >= 11 is 0. The third-order valence-corrected chi connectivity index (χ3v) is 4.78. The lowest BCUT2D eigenvalue weighted by molar-refractivity contribution is 0.123. The number of rotatable bonds is 8. The van der Waals surface area contributed by atoms with Gasteiger partial charge in [-0.15, -0.1) is 0 Å². The lowest BCUT2D eigenvalue weighted by atomic mass is 9.86. The van der Waals surface area contributed by atoms with Crippen molar-refractivity contribution >= 4 is 0 Å². The second-order valence-corrected chi connectivity index (χ2v) is 6.79. The Balaban J connectivity index is 2.33. The van der Waals surface area contributed by atoms with Gasteiger partial charge in [-0.3, -0.25) is 0 Å². The molecule has 1 aliphatic carbocycles. The van der Waals surface area contributed by atoms with Gasteiger partial charge in [0, 0.05) is 11.6 Å². The van der Waals surface area contributed by atoms with Crippen molar-refractivity contribution < 1.29 is 5.11 Å². The molecule has 3 heteroatoms. The molecule has 1 aliphatic rings. The average Bonchev–Trinajstić information content (AvgIpc) is 2.43. The zero-order valence-electron chi connectivity index (χ0n) is 13.4. The summed E-state index contributed by atoms with van der Waals surface area (Å²) in [5.74, 6) is 0.915. The molecule has 0 amide bonds. The van der Waals surface area contributed by atoms with E-state index >= 15 is 0 Å². The topological polar surface area (TPSA) is 35.5 Å². The first-order chi connectivity index (χ1) is 9.00. The fourth-order valence-corrected chi connectivity index (χ4v) is 2.94. The fraction of sp³-hybridized carbons (Fsp3) is 1.00. The molecule has 1 unspecified atom stereocenters.